The van der Waals surface area contributed by atoms with Crippen LogP contribution >= 0.6 is 0 Å². The van der Waals surface area contributed by atoms with Crippen LogP contribution in [0.1, 0.15) is 37.7 Å². The van der Waals surface area contributed by atoms with E-state index in [9.17, 15) is 0 Å². The average molecular weight is 277 g/mol. The van der Waals surface area contributed by atoms with E-state index in [1.165, 1.54) is 24.8 Å². The van der Waals surface area contributed by atoms with Crippen LogP contribution in [-0.4, -0.2) is 27.8 Å². The number of methoxy groups -OCH3 is 2. The third kappa shape index (κ3) is 3.26. The van der Waals surface area contributed by atoms with E-state index < -0.39 is 0 Å². The molecule has 0 radical (unpaired) electrons. The Bertz CT molecular complexity index is 433. The molecule has 1 saturated carbocycles. The zero-order chi connectivity index (χ0) is 14.5. The summed E-state index contributed by atoms with van der Waals surface area (Å²) >= 11 is 0. The van der Waals surface area contributed by atoms with Gasteiger partial charge in [0.05, 0.1) is 14.2 Å². The van der Waals surface area contributed by atoms with Gasteiger partial charge in [0.2, 0.25) is 0 Å². The first-order chi connectivity index (χ1) is 9.69. The maximum absolute atomic E-state index is 5.45. The molecule has 0 aliphatic heterocycles. The SMILES string of the molecule is CNCC1CCC(C)CC1c1ccc(OC)c(OC)c1. The molecule has 0 saturated heterocycles. The summed E-state index contributed by atoms with van der Waals surface area (Å²) in [6.07, 6.45) is 3.92. The van der Waals surface area contributed by atoms with Gasteiger partial charge in [0.25, 0.3) is 0 Å². The summed E-state index contributed by atoms with van der Waals surface area (Å²) in [5.74, 6) is 3.79. The molecular weight excluding hydrogens is 250 g/mol. The number of rotatable bonds is 5. The monoisotopic (exact) mass is 277 g/mol. The topological polar surface area (TPSA) is 30.5 Å². The molecule has 20 heavy (non-hydrogen) atoms. The Hall–Kier alpha value is -1.22. The van der Waals surface area contributed by atoms with Crippen LogP contribution in [0.5, 0.6) is 11.5 Å². The van der Waals surface area contributed by atoms with Crippen LogP contribution in [0.2, 0.25) is 0 Å². The van der Waals surface area contributed by atoms with Gasteiger partial charge in [-0.2, -0.15) is 0 Å². The van der Waals surface area contributed by atoms with Gasteiger partial charge in [0, 0.05) is 0 Å². The second-order valence-corrected chi connectivity index (χ2v) is 5.96. The van der Waals surface area contributed by atoms with E-state index >= 15 is 0 Å². The summed E-state index contributed by atoms with van der Waals surface area (Å²) in [5, 5.41) is 3.35. The molecule has 3 heteroatoms. The zero-order valence-electron chi connectivity index (χ0n) is 13.1. The fourth-order valence-electron chi connectivity index (χ4n) is 3.44. The van der Waals surface area contributed by atoms with Crippen LogP contribution < -0.4 is 14.8 Å². The molecule has 3 atom stereocenters. The van der Waals surface area contributed by atoms with E-state index in [0.717, 1.165) is 24.0 Å². The van der Waals surface area contributed by atoms with E-state index in [2.05, 4.69) is 24.4 Å². The van der Waals surface area contributed by atoms with E-state index in [4.69, 9.17) is 9.47 Å². The van der Waals surface area contributed by atoms with Crippen LogP contribution in [-0.2, 0) is 0 Å². The van der Waals surface area contributed by atoms with Crippen molar-refractivity contribution in [3.05, 3.63) is 23.8 Å². The molecular formula is C17H27NO2. The largest absolute Gasteiger partial charge is 0.493 e. The smallest absolute Gasteiger partial charge is 0.160 e. The molecule has 3 nitrogen and oxygen atoms in total. The summed E-state index contributed by atoms with van der Waals surface area (Å²) in [4.78, 5) is 0. The molecule has 0 heterocycles. The Morgan fingerprint density at radius 2 is 1.90 bits per heavy atom. The predicted octanol–water partition coefficient (Wildman–Crippen LogP) is 3.44. The van der Waals surface area contributed by atoms with Crippen molar-refractivity contribution >= 4 is 0 Å². The van der Waals surface area contributed by atoms with Crippen molar-refractivity contribution in [1.29, 1.82) is 0 Å². The number of hydrogen-bond donors (Lipinski definition) is 1. The molecule has 1 aromatic carbocycles. The second kappa shape index (κ2) is 6.98. The highest BCUT2D eigenvalue weighted by atomic mass is 16.5. The molecule has 0 spiro atoms. The number of nitrogens with one attached hydrogen (secondary N) is 1. The number of hydrogen-bond acceptors (Lipinski definition) is 3. The van der Waals surface area contributed by atoms with E-state index in [1.807, 2.05) is 13.1 Å². The lowest BCUT2D eigenvalue weighted by atomic mass is 9.71. The van der Waals surface area contributed by atoms with Crippen LogP contribution in [0.3, 0.4) is 0 Å². The Kier molecular flexibility index (Phi) is 5.30. The van der Waals surface area contributed by atoms with E-state index in [0.29, 0.717) is 11.8 Å². The molecule has 2 rings (SSSR count). The first-order valence-electron chi connectivity index (χ1n) is 7.56. The highest BCUT2D eigenvalue weighted by Crippen LogP contribution is 2.42. The number of ether oxygens (including phenoxy) is 2. The first-order valence-corrected chi connectivity index (χ1v) is 7.56. The standard InChI is InChI=1S/C17H27NO2/c1-12-5-6-14(11-18-2)15(9-12)13-7-8-16(19-3)17(10-13)20-4/h7-8,10,12,14-15,18H,5-6,9,11H2,1-4H3. The lowest BCUT2D eigenvalue weighted by molar-refractivity contribution is 0.244. The van der Waals surface area contributed by atoms with Crippen molar-refractivity contribution in [2.45, 2.75) is 32.1 Å². The molecule has 0 bridgehead atoms. The normalized spacial score (nSPS) is 26.3. The number of benzene rings is 1. The van der Waals surface area contributed by atoms with Gasteiger partial charge in [0.15, 0.2) is 11.5 Å². The molecule has 1 aliphatic carbocycles. The maximum atomic E-state index is 5.45. The van der Waals surface area contributed by atoms with Crippen molar-refractivity contribution in [3.63, 3.8) is 0 Å². The van der Waals surface area contributed by atoms with Gasteiger partial charge < -0.3 is 14.8 Å². The first kappa shape index (κ1) is 15.2. The van der Waals surface area contributed by atoms with E-state index in [1.54, 1.807) is 14.2 Å². The van der Waals surface area contributed by atoms with Crippen molar-refractivity contribution in [3.8, 4) is 11.5 Å². The van der Waals surface area contributed by atoms with Crippen LogP contribution in [0.25, 0.3) is 0 Å². The molecule has 1 aromatic rings. The minimum Gasteiger partial charge on any atom is -0.493 e. The Balaban J connectivity index is 2.26. The van der Waals surface area contributed by atoms with Crippen molar-refractivity contribution < 1.29 is 9.47 Å². The van der Waals surface area contributed by atoms with Gasteiger partial charge >= 0.3 is 0 Å². The van der Waals surface area contributed by atoms with Crippen molar-refractivity contribution in [2.75, 3.05) is 27.8 Å². The van der Waals surface area contributed by atoms with Crippen LogP contribution in [0.15, 0.2) is 18.2 Å². The van der Waals surface area contributed by atoms with Gasteiger partial charge in [0.1, 0.15) is 0 Å². The second-order valence-electron chi connectivity index (χ2n) is 5.96. The van der Waals surface area contributed by atoms with Crippen molar-refractivity contribution in [1.82, 2.24) is 5.32 Å². The van der Waals surface area contributed by atoms with Crippen molar-refractivity contribution in [2.24, 2.45) is 11.8 Å². The minimum atomic E-state index is 0.617. The Labute approximate surface area is 122 Å². The fourth-order valence-corrected chi connectivity index (χ4v) is 3.44. The minimum absolute atomic E-state index is 0.617. The molecule has 112 valence electrons. The lowest BCUT2D eigenvalue weighted by Gasteiger charge is -2.35. The highest BCUT2D eigenvalue weighted by Gasteiger charge is 2.29. The summed E-state index contributed by atoms with van der Waals surface area (Å²) in [6.45, 7) is 3.45. The summed E-state index contributed by atoms with van der Waals surface area (Å²) < 4.78 is 10.8. The quantitative estimate of drug-likeness (QED) is 0.894. The Morgan fingerprint density at radius 1 is 1.15 bits per heavy atom. The van der Waals surface area contributed by atoms with Crippen LogP contribution in [0, 0.1) is 11.8 Å². The molecule has 0 amide bonds. The summed E-state index contributed by atoms with van der Waals surface area (Å²) in [5.41, 5.74) is 1.38. The predicted molar refractivity (Wildman–Crippen MR) is 82.7 cm³/mol. The van der Waals surface area contributed by atoms with E-state index in [-0.39, 0.29) is 0 Å². The highest BCUT2D eigenvalue weighted by molar-refractivity contribution is 5.44. The summed E-state index contributed by atoms with van der Waals surface area (Å²) in [6, 6.07) is 6.39. The molecule has 3 unspecified atom stereocenters. The molecule has 0 aromatic heterocycles. The van der Waals surface area contributed by atoms with Gasteiger partial charge in [-0.05, 0) is 61.9 Å². The zero-order valence-corrected chi connectivity index (χ0v) is 13.1. The molecule has 1 aliphatic rings. The molecule has 1 N–H and O–H groups in total. The third-order valence-corrected chi connectivity index (χ3v) is 4.56. The average Bonchev–Trinajstić information content (AvgIpc) is 2.48. The van der Waals surface area contributed by atoms with Gasteiger partial charge in [-0.1, -0.05) is 19.4 Å². The van der Waals surface area contributed by atoms with Crippen LogP contribution in [0.4, 0.5) is 0 Å². The van der Waals surface area contributed by atoms with Gasteiger partial charge in [-0.25, -0.2) is 0 Å². The summed E-state index contributed by atoms with van der Waals surface area (Å²) in [7, 11) is 5.43. The maximum Gasteiger partial charge on any atom is 0.160 e. The molecule has 1 fully saturated rings. The lowest BCUT2D eigenvalue weighted by Crippen LogP contribution is -2.29. The van der Waals surface area contributed by atoms with Gasteiger partial charge in [-0.3, -0.25) is 0 Å². The Morgan fingerprint density at radius 3 is 2.55 bits per heavy atom. The third-order valence-electron chi connectivity index (χ3n) is 4.56. The van der Waals surface area contributed by atoms with Gasteiger partial charge in [-0.15, -0.1) is 0 Å². The fraction of sp³-hybridized carbons (Fsp3) is 0.647.